The minimum atomic E-state index is -1.17. The molecule has 0 amide bonds. The highest BCUT2D eigenvalue weighted by molar-refractivity contribution is 6.76. The largest absolute Gasteiger partial charge is 0.361 e. The van der Waals surface area contributed by atoms with Gasteiger partial charge in [0.05, 0.1) is 15.9 Å². The Morgan fingerprint density at radius 2 is 1.88 bits per heavy atom. The van der Waals surface area contributed by atoms with Crippen LogP contribution < -0.4 is 0 Å². The van der Waals surface area contributed by atoms with E-state index in [9.17, 15) is 0 Å². The topological polar surface area (TPSA) is 62.2 Å². The van der Waals surface area contributed by atoms with Crippen molar-refractivity contribution in [1.29, 1.82) is 0 Å². The van der Waals surface area contributed by atoms with Crippen LogP contribution in [0.4, 0.5) is 0 Å². The number of aromatic nitrogens is 6. The van der Waals surface area contributed by atoms with Gasteiger partial charge >= 0.3 is 0 Å². The molecule has 5 aromatic rings. The second kappa shape index (κ2) is 7.88. The normalized spacial score (nSPS) is 12.6. The summed E-state index contributed by atoms with van der Waals surface area (Å²) >= 11 is 13.3. The third-order valence-electron chi connectivity index (χ3n) is 5.57. The molecule has 166 valence electrons. The molecule has 1 aromatic carbocycles. The van der Waals surface area contributed by atoms with Crippen molar-refractivity contribution in [3.63, 3.8) is 0 Å². The molecule has 0 bridgehead atoms. The van der Waals surface area contributed by atoms with E-state index in [0.717, 1.165) is 44.8 Å². The summed E-state index contributed by atoms with van der Waals surface area (Å²) in [5.74, 6) is 0. The highest BCUT2D eigenvalue weighted by Crippen LogP contribution is 2.39. The van der Waals surface area contributed by atoms with Crippen LogP contribution in [0.2, 0.25) is 36.0 Å². The molecule has 0 aliphatic heterocycles. The van der Waals surface area contributed by atoms with Crippen molar-refractivity contribution in [1.82, 2.24) is 28.7 Å². The van der Waals surface area contributed by atoms with Crippen molar-refractivity contribution in [3.05, 3.63) is 47.2 Å². The minimum absolute atomic E-state index is 0.354. The molecule has 0 saturated carbocycles. The Morgan fingerprint density at radius 1 is 1.06 bits per heavy atom. The lowest BCUT2D eigenvalue weighted by atomic mass is 10.0. The van der Waals surface area contributed by atoms with Gasteiger partial charge in [-0.15, -0.1) is 0 Å². The third-order valence-corrected chi connectivity index (χ3v) is 7.94. The summed E-state index contributed by atoms with van der Waals surface area (Å²) in [6.07, 6.45) is 7.49. The number of nitrogens with zero attached hydrogens (tertiary/aromatic N) is 6. The fraction of sp³-hybridized carbons (Fsp3) is 0.318. The number of ether oxygens (including phenoxy) is 1. The number of hydrogen-bond donors (Lipinski definition) is 0. The van der Waals surface area contributed by atoms with Gasteiger partial charge in [0, 0.05) is 63.0 Å². The first-order valence-electron chi connectivity index (χ1n) is 10.4. The van der Waals surface area contributed by atoms with Crippen LogP contribution in [0.5, 0.6) is 0 Å². The van der Waals surface area contributed by atoms with Gasteiger partial charge in [-0.3, -0.25) is 9.08 Å². The maximum absolute atomic E-state index is 6.87. The zero-order valence-corrected chi connectivity index (χ0v) is 20.9. The lowest BCUT2D eigenvalue weighted by Crippen LogP contribution is -2.22. The predicted octanol–water partition coefficient (Wildman–Crippen LogP) is 5.86. The van der Waals surface area contributed by atoms with Gasteiger partial charge in [-0.05, 0) is 23.7 Å². The molecule has 5 rings (SSSR count). The Hall–Kier alpha value is -2.39. The van der Waals surface area contributed by atoms with Crippen molar-refractivity contribution in [2.75, 3.05) is 6.61 Å². The second-order valence-electron chi connectivity index (χ2n) is 9.22. The summed E-state index contributed by atoms with van der Waals surface area (Å²) in [4.78, 5) is 9.23. The van der Waals surface area contributed by atoms with E-state index < -0.39 is 8.07 Å². The molecule has 4 aromatic heterocycles. The molecule has 4 heterocycles. The van der Waals surface area contributed by atoms with E-state index in [-0.39, 0.29) is 0 Å². The predicted molar refractivity (Wildman–Crippen MR) is 132 cm³/mol. The molecule has 0 spiro atoms. The maximum atomic E-state index is 6.87. The molecular formula is C22H24Cl2N6OSi. The summed E-state index contributed by atoms with van der Waals surface area (Å²) in [5, 5.41) is 7.25. The molecule has 0 fully saturated rings. The van der Waals surface area contributed by atoms with Gasteiger partial charge in [0.2, 0.25) is 5.28 Å². The molecule has 0 aliphatic carbocycles. The lowest BCUT2D eigenvalue weighted by Gasteiger charge is -2.15. The average Bonchev–Trinajstić information content (AvgIpc) is 3.42. The molecule has 0 atom stereocenters. The van der Waals surface area contributed by atoms with E-state index in [1.807, 2.05) is 42.3 Å². The molecular weight excluding hydrogens is 463 g/mol. The van der Waals surface area contributed by atoms with E-state index in [2.05, 4.69) is 34.7 Å². The SMILES string of the molecule is Cn1cc2c(Cl)c(-c3cn(COCC[Si](C)(C)C)c4nc(Cl)n5ccnc5c34)ccc2n1. The molecule has 7 nitrogen and oxygen atoms in total. The van der Waals surface area contributed by atoms with Crippen LogP contribution in [0.25, 0.3) is 38.7 Å². The van der Waals surface area contributed by atoms with Crippen molar-refractivity contribution < 1.29 is 4.74 Å². The molecule has 0 radical (unpaired) electrons. The number of rotatable bonds is 6. The molecule has 0 unspecified atom stereocenters. The molecule has 0 N–H and O–H groups in total. The Kier molecular flexibility index (Phi) is 5.28. The first-order chi connectivity index (χ1) is 15.2. The smallest absolute Gasteiger partial charge is 0.210 e. The van der Waals surface area contributed by atoms with Gasteiger partial charge in [0.15, 0.2) is 5.65 Å². The molecule has 10 heteroatoms. The summed E-state index contributed by atoms with van der Waals surface area (Å²) in [7, 11) is 0.715. The Balaban J connectivity index is 1.67. The van der Waals surface area contributed by atoms with E-state index >= 15 is 0 Å². The van der Waals surface area contributed by atoms with Gasteiger partial charge in [0.1, 0.15) is 12.4 Å². The van der Waals surface area contributed by atoms with Crippen LogP contribution in [0.15, 0.2) is 36.9 Å². The van der Waals surface area contributed by atoms with E-state index in [4.69, 9.17) is 27.9 Å². The fourth-order valence-electron chi connectivity index (χ4n) is 3.89. The van der Waals surface area contributed by atoms with E-state index in [0.29, 0.717) is 23.6 Å². The number of halogens is 2. The van der Waals surface area contributed by atoms with Crippen molar-refractivity contribution in [3.8, 4) is 11.1 Å². The monoisotopic (exact) mass is 486 g/mol. The Labute approximate surface area is 196 Å². The Bertz CT molecular complexity index is 1460. The fourth-order valence-corrected chi connectivity index (χ4v) is 5.18. The zero-order chi connectivity index (χ0) is 22.6. The molecule has 32 heavy (non-hydrogen) atoms. The number of fused-ring (bicyclic) bond motifs is 4. The van der Waals surface area contributed by atoms with Gasteiger partial charge in [-0.1, -0.05) is 37.3 Å². The number of imidazole rings is 1. The summed E-state index contributed by atoms with van der Waals surface area (Å²) in [5.41, 5.74) is 4.14. The van der Waals surface area contributed by atoms with Crippen LogP contribution in [-0.4, -0.2) is 43.4 Å². The van der Waals surface area contributed by atoms with Gasteiger partial charge in [0.25, 0.3) is 0 Å². The van der Waals surface area contributed by atoms with Crippen LogP contribution in [0.3, 0.4) is 0 Å². The van der Waals surface area contributed by atoms with E-state index in [1.54, 1.807) is 15.3 Å². The first kappa shape index (κ1) is 21.5. The summed E-state index contributed by atoms with van der Waals surface area (Å²) in [6, 6.07) is 5.08. The average molecular weight is 487 g/mol. The van der Waals surface area contributed by atoms with Gasteiger partial charge < -0.3 is 9.30 Å². The minimum Gasteiger partial charge on any atom is -0.361 e. The van der Waals surface area contributed by atoms with Crippen LogP contribution >= 0.6 is 23.2 Å². The van der Waals surface area contributed by atoms with Crippen molar-refractivity contribution >= 4 is 58.9 Å². The van der Waals surface area contributed by atoms with Crippen LogP contribution in [0, 0.1) is 0 Å². The number of benzene rings is 1. The van der Waals surface area contributed by atoms with E-state index in [1.165, 1.54) is 0 Å². The van der Waals surface area contributed by atoms with Crippen LogP contribution in [0.1, 0.15) is 0 Å². The van der Waals surface area contributed by atoms with Crippen molar-refractivity contribution in [2.45, 2.75) is 32.4 Å². The van der Waals surface area contributed by atoms with Gasteiger partial charge in [-0.2, -0.15) is 5.10 Å². The summed E-state index contributed by atoms with van der Waals surface area (Å²) in [6.45, 7) is 8.12. The summed E-state index contributed by atoms with van der Waals surface area (Å²) < 4.78 is 11.6. The third kappa shape index (κ3) is 3.71. The highest BCUT2D eigenvalue weighted by atomic mass is 35.5. The van der Waals surface area contributed by atoms with Crippen molar-refractivity contribution in [2.24, 2.45) is 7.05 Å². The van der Waals surface area contributed by atoms with Crippen LogP contribution in [-0.2, 0) is 18.5 Å². The highest BCUT2D eigenvalue weighted by Gasteiger charge is 2.21. The first-order valence-corrected chi connectivity index (χ1v) is 14.9. The Morgan fingerprint density at radius 3 is 2.66 bits per heavy atom. The zero-order valence-electron chi connectivity index (χ0n) is 18.4. The van der Waals surface area contributed by atoms with Gasteiger partial charge in [-0.25, -0.2) is 9.97 Å². The maximum Gasteiger partial charge on any atom is 0.210 e. The second-order valence-corrected chi connectivity index (χ2v) is 15.6. The molecule has 0 saturated heterocycles. The number of aryl methyl sites for hydroxylation is 1. The number of hydrogen-bond acceptors (Lipinski definition) is 4. The quantitative estimate of drug-likeness (QED) is 0.171. The lowest BCUT2D eigenvalue weighted by molar-refractivity contribution is 0.0899. The molecule has 0 aliphatic rings. The standard InChI is InChI=1S/C22H24Cl2N6OSi/c1-28-11-16-17(27-28)6-5-14(19(16)23)15-12-29(13-31-9-10-32(2,3)4)21-18(15)20-25-7-8-30(20)22(24)26-21/h5-8,11-12H,9-10,13H2,1-4H3.